The molecule has 8 heteroatoms. The highest BCUT2D eigenvalue weighted by atomic mass is 32.1. The molecular weight excluding hydrogens is 280 g/mol. The van der Waals surface area contributed by atoms with Crippen LogP contribution in [0.5, 0.6) is 0 Å². The van der Waals surface area contributed by atoms with Crippen LogP contribution in [0.2, 0.25) is 0 Å². The van der Waals surface area contributed by atoms with Crippen LogP contribution in [0.25, 0.3) is 0 Å². The lowest BCUT2D eigenvalue weighted by molar-refractivity contribution is 0.0941. The van der Waals surface area contributed by atoms with E-state index in [4.69, 9.17) is 21.5 Å². The Kier molecular flexibility index (Phi) is 6.40. The molecule has 1 atom stereocenters. The molecule has 0 aliphatic rings. The summed E-state index contributed by atoms with van der Waals surface area (Å²) < 4.78 is 9.98. The SMILES string of the molecule is CCc1noc(C)c1C(=O)NNC(=S)N[C@@H](C)COC. The number of thiocarbonyl (C=S) groups is 1. The first-order chi connectivity index (χ1) is 9.49. The molecule has 1 amide bonds. The molecule has 0 spiro atoms. The molecule has 0 fully saturated rings. The van der Waals surface area contributed by atoms with E-state index in [1.165, 1.54) is 0 Å². The van der Waals surface area contributed by atoms with Gasteiger partial charge in [0.15, 0.2) is 5.11 Å². The quantitative estimate of drug-likeness (QED) is 0.544. The van der Waals surface area contributed by atoms with E-state index in [0.29, 0.717) is 35.2 Å². The number of hydrogen-bond donors (Lipinski definition) is 3. The summed E-state index contributed by atoms with van der Waals surface area (Å²) in [7, 11) is 1.61. The van der Waals surface area contributed by atoms with E-state index in [1.54, 1.807) is 14.0 Å². The Morgan fingerprint density at radius 1 is 1.50 bits per heavy atom. The third-order valence-corrected chi connectivity index (χ3v) is 2.80. The summed E-state index contributed by atoms with van der Waals surface area (Å²) in [5.74, 6) is 0.150. The Balaban J connectivity index is 2.51. The minimum atomic E-state index is -0.329. The molecule has 1 heterocycles. The Labute approximate surface area is 123 Å². The number of hydrazine groups is 1. The normalized spacial score (nSPS) is 11.8. The van der Waals surface area contributed by atoms with Gasteiger partial charge >= 0.3 is 0 Å². The second-order valence-electron chi connectivity index (χ2n) is 4.32. The average Bonchev–Trinajstić information content (AvgIpc) is 2.77. The van der Waals surface area contributed by atoms with Crippen LogP contribution >= 0.6 is 12.2 Å². The largest absolute Gasteiger partial charge is 0.383 e. The van der Waals surface area contributed by atoms with Gasteiger partial charge < -0.3 is 14.6 Å². The smallest absolute Gasteiger partial charge is 0.275 e. The number of aryl methyl sites for hydroxylation is 2. The first-order valence-electron chi connectivity index (χ1n) is 6.30. The third kappa shape index (κ3) is 4.46. The minimum Gasteiger partial charge on any atom is -0.383 e. The predicted octanol–water partition coefficient (Wildman–Crippen LogP) is 0.689. The van der Waals surface area contributed by atoms with Gasteiger partial charge in [0, 0.05) is 13.2 Å². The first-order valence-corrected chi connectivity index (χ1v) is 6.71. The highest BCUT2D eigenvalue weighted by Crippen LogP contribution is 2.13. The van der Waals surface area contributed by atoms with Crippen molar-refractivity contribution in [1.82, 2.24) is 21.3 Å². The van der Waals surface area contributed by atoms with Gasteiger partial charge in [-0.15, -0.1) is 0 Å². The fraction of sp³-hybridized carbons (Fsp3) is 0.583. The molecule has 0 unspecified atom stereocenters. The maximum atomic E-state index is 12.0. The van der Waals surface area contributed by atoms with Crippen molar-refractivity contribution >= 4 is 23.2 Å². The molecule has 0 aliphatic carbocycles. The molecule has 112 valence electrons. The summed E-state index contributed by atoms with van der Waals surface area (Å²) in [6, 6.07) is 0.0421. The predicted molar refractivity (Wildman–Crippen MR) is 78.3 cm³/mol. The maximum absolute atomic E-state index is 12.0. The molecular formula is C12H20N4O3S. The van der Waals surface area contributed by atoms with Crippen LogP contribution in [0.1, 0.15) is 35.7 Å². The zero-order valence-corrected chi connectivity index (χ0v) is 12.9. The van der Waals surface area contributed by atoms with Crippen LogP contribution in [0.4, 0.5) is 0 Å². The lowest BCUT2D eigenvalue weighted by Gasteiger charge is -2.16. The number of aromatic nitrogens is 1. The molecule has 20 heavy (non-hydrogen) atoms. The van der Waals surface area contributed by atoms with E-state index >= 15 is 0 Å². The topological polar surface area (TPSA) is 88.4 Å². The summed E-state index contributed by atoms with van der Waals surface area (Å²) >= 11 is 5.05. The average molecular weight is 300 g/mol. The number of hydrogen-bond acceptors (Lipinski definition) is 5. The number of carbonyl (C=O) groups excluding carboxylic acids is 1. The molecule has 1 aromatic heterocycles. The van der Waals surface area contributed by atoms with Crippen molar-refractivity contribution in [2.75, 3.05) is 13.7 Å². The van der Waals surface area contributed by atoms with Crippen molar-refractivity contribution < 1.29 is 14.1 Å². The van der Waals surface area contributed by atoms with Gasteiger partial charge in [-0.05, 0) is 32.5 Å². The standard InChI is InChI=1S/C12H20N4O3S/c1-5-9-10(8(3)19-16-9)11(17)14-15-12(20)13-7(2)6-18-4/h7H,5-6H2,1-4H3,(H,14,17)(H2,13,15,20)/t7-/m0/s1. The van der Waals surface area contributed by atoms with E-state index in [-0.39, 0.29) is 11.9 Å². The van der Waals surface area contributed by atoms with Gasteiger partial charge in [0.05, 0.1) is 12.3 Å². The van der Waals surface area contributed by atoms with Gasteiger partial charge in [0.2, 0.25) is 0 Å². The van der Waals surface area contributed by atoms with Crippen LogP contribution in [0.15, 0.2) is 4.52 Å². The van der Waals surface area contributed by atoms with E-state index in [1.807, 2.05) is 13.8 Å². The monoisotopic (exact) mass is 300 g/mol. The van der Waals surface area contributed by atoms with E-state index in [9.17, 15) is 4.79 Å². The first kappa shape index (κ1) is 16.4. The van der Waals surface area contributed by atoms with Crippen LogP contribution in [0, 0.1) is 6.92 Å². The summed E-state index contributed by atoms with van der Waals surface area (Å²) in [5, 5.41) is 7.11. The fourth-order valence-electron chi connectivity index (χ4n) is 1.68. The Bertz CT molecular complexity index is 475. The Morgan fingerprint density at radius 2 is 2.20 bits per heavy atom. The van der Waals surface area contributed by atoms with Crippen molar-refractivity contribution in [1.29, 1.82) is 0 Å². The highest BCUT2D eigenvalue weighted by Gasteiger charge is 2.19. The lowest BCUT2D eigenvalue weighted by Crippen LogP contribution is -2.50. The molecule has 0 aromatic carbocycles. The lowest BCUT2D eigenvalue weighted by atomic mass is 10.1. The van der Waals surface area contributed by atoms with Crippen LogP contribution in [-0.4, -0.2) is 35.9 Å². The molecule has 7 nitrogen and oxygen atoms in total. The number of ether oxygens (including phenoxy) is 1. The van der Waals surface area contributed by atoms with Crippen LogP contribution in [0.3, 0.4) is 0 Å². The van der Waals surface area contributed by atoms with Gasteiger partial charge in [-0.25, -0.2) is 0 Å². The number of amides is 1. The minimum absolute atomic E-state index is 0.0421. The molecule has 3 N–H and O–H groups in total. The second kappa shape index (κ2) is 7.81. The number of methoxy groups -OCH3 is 1. The van der Waals surface area contributed by atoms with Crippen LogP contribution in [-0.2, 0) is 11.2 Å². The Hall–Kier alpha value is -1.67. The molecule has 1 aromatic rings. The van der Waals surface area contributed by atoms with Crippen molar-refractivity contribution in [3.05, 3.63) is 17.0 Å². The zero-order chi connectivity index (χ0) is 15.1. The van der Waals surface area contributed by atoms with Gasteiger partial charge in [0.25, 0.3) is 5.91 Å². The van der Waals surface area contributed by atoms with E-state index in [0.717, 1.165) is 0 Å². The number of rotatable bonds is 5. The maximum Gasteiger partial charge on any atom is 0.275 e. The molecule has 1 rings (SSSR count). The third-order valence-electron chi connectivity index (χ3n) is 2.58. The molecule has 0 radical (unpaired) electrons. The van der Waals surface area contributed by atoms with Gasteiger partial charge in [-0.1, -0.05) is 12.1 Å². The van der Waals surface area contributed by atoms with E-state index in [2.05, 4.69) is 21.3 Å². The number of nitrogens with one attached hydrogen (secondary N) is 3. The summed E-state index contributed by atoms with van der Waals surface area (Å²) in [6.07, 6.45) is 0.619. The van der Waals surface area contributed by atoms with Crippen LogP contribution < -0.4 is 16.2 Å². The van der Waals surface area contributed by atoms with Crippen molar-refractivity contribution in [3.8, 4) is 0 Å². The number of carbonyl (C=O) groups is 1. The zero-order valence-electron chi connectivity index (χ0n) is 12.1. The summed E-state index contributed by atoms with van der Waals surface area (Å²) in [4.78, 5) is 12.0. The molecule has 0 saturated heterocycles. The van der Waals surface area contributed by atoms with Crippen molar-refractivity contribution in [2.45, 2.75) is 33.2 Å². The summed E-state index contributed by atoms with van der Waals surface area (Å²) in [5.41, 5.74) is 6.21. The molecule has 0 bridgehead atoms. The Morgan fingerprint density at radius 3 is 2.80 bits per heavy atom. The molecule has 0 aliphatic heterocycles. The fourth-order valence-corrected chi connectivity index (χ4v) is 1.93. The van der Waals surface area contributed by atoms with Crippen molar-refractivity contribution in [2.24, 2.45) is 0 Å². The highest BCUT2D eigenvalue weighted by molar-refractivity contribution is 7.80. The van der Waals surface area contributed by atoms with Gasteiger partial charge in [-0.2, -0.15) is 0 Å². The number of nitrogens with zero attached hydrogens (tertiary/aromatic N) is 1. The van der Waals surface area contributed by atoms with Crippen molar-refractivity contribution in [3.63, 3.8) is 0 Å². The summed E-state index contributed by atoms with van der Waals surface area (Å²) in [6.45, 7) is 6.03. The van der Waals surface area contributed by atoms with Gasteiger partial charge in [0.1, 0.15) is 11.3 Å². The second-order valence-corrected chi connectivity index (χ2v) is 4.73. The van der Waals surface area contributed by atoms with E-state index < -0.39 is 0 Å². The van der Waals surface area contributed by atoms with Gasteiger partial charge in [-0.3, -0.25) is 15.6 Å². The molecule has 0 saturated carbocycles.